The largest absolute Gasteiger partial charge is 0.481 e. The molecule has 0 saturated heterocycles. The standard InChI is InChI=1S/C27H30N2O3/c30-26(31)17-24(27(32)28-25-9-5-2-6-10-25)19-29-16-15-23(18-29)22-13-11-21(12-14-22)20-7-3-1-4-8-20/h1,3-4,7-8,11-16,18,24-25H,2,5-6,9-10,17,19H2,(H,28,32)(H,30,31)/t24-/m0/s1. The van der Waals surface area contributed by atoms with Crippen LogP contribution in [0.2, 0.25) is 0 Å². The number of aliphatic carboxylic acids is 1. The molecule has 1 heterocycles. The number of rotatable bonds is 8. The van der Waals surface area contributed by atoms with Crippen molar-refractivity contribution in [3.63, 3.8) is 0 Å². The molecule has 1 amide bonds. The molecule has 32 heavy (non-hydrogen) atoms. The normalized spacial score (nSPS) is 15.2. The van der Waals surface area contributed by atoms with Crippen molar-refractivity contribution in [2.75, 3.05) is 0 Å². The molecule has 1 aliphatic carbocycles. The Kier molecular flexibility index (Phi) is 7.05. The van der Waals surface area contributed by atoms with Crippen LogP contribution in [0.1, 0.15) is 38.5 Å². The molecule has 0 unspecified atom stereocenters. The van der Waals surface area contributed by atoms with Gasteiger partial charge in [0.05, 0.1) is 12.3 Å². The van der Waals surface area contributed by atoms with Crippen LogP contribution in [0.3, 0.4) is 0 Å². The highest BCUT2D eigenvalue weighted by Gasteiger charge is 2.25. The van der Waals surface area contributed by atoms with Crippen molar-refractivity contribution in [2.45, 2.75) is 51.1 Å². The number of nitrogens with zero attached hydrogens (tertiary/aromatic N) is 1. The second-order valence-electron chi connectivity index (χ2n) is 8.68. The smallest absolute Gasteiger partial charge is 0.304 e. The van der Waals surface area contributed by atoms with E-state index in [2.05, 4.69) is 41.7 Å². The summed E-state index contributed by atoms with van der Waals surface area (Å²) in [5, 5.41) is 12.4. The molecule has 3 aromatic rings. The summed E-state index contributed by atoms with van der Waals surface area (Å²) in [6.45, 7) is 0.354. The van der Waals surface area contributed by atoms with Crippen molar-refractivity contribution in [3.8, 4) is 22.3 Å². The molecular formula is C27H30N2O3. The lowest BCUT2D eigenvalue weighted by atomic mass is 9.94. The van der Waals surface area contributed by atoms with Gasteiger partial charge in [0.1, 0.15) is 0 Å². The number of hydrogen-bond acceptors (Lipinski definition) is 2. The van der Waals surface area contributed by atoms with Gasteiger partial charge < -0.3 is 15.0 Å². The maximum absolute atomic E-state index is 12.8. The van der Waals surface area contributed by atoms with Gasteiger partial charge in [-0.15, -0.1) is 0 Å². The Balaban J connectivity index is 1.43. The van der Waals surface area contributed by atoms with Gasteiger partial charge in [-0.05, 0) is 41.2 Å². The predicted octanol–water partition coefficient (Wildman–Crippen LogP) is 5.36. The Labute approximate surface area is 189 Å². The zero-order chi connectivity index (χ0) is 22.3. The van der Waals surface area contributed by atoms with E-state index < -0.39 is 11.9 Å². The first-order chi connectivity index (χ1) is 15.6. The first-order valence-electron chi connectivity index (χ1n) is 11.4. The number of carboxylic acid groups (broad SMARTS) is 1. The van der Waals surface area contributed by atoms with Crippen LogP contribution in [-0.4, -0.2) is 27.6 Å². The molecule has 4 rings (SSSR count). The molecule has 0 aliphatic heterocycles. The number of amides is 1. The molecule has 5 nitrogen and oxygen atoms in total. The van der Waals surface area contributed by atoms with Crippen molar-refractivity contribution in [1.29, 1.82) is 0 Å². The van der Waals surface area contributed by atoms with E-state index in [1.165, 1.54) is 12.0 Å². The first-order valence-corrected chi connectivity index (χ1v) is 11.4. The summed E-state index contributed by atoms with van der Waals surface area (Å²) in [5.74, 6) is -1.69. The number of carbonyl (C=O) groups is 2. The number of hydrogen-bond donors (Lipinski definition) is 2. The summed E-state index contributed by atoms with van der Waals surface area (Å²) in [7, 11) is 0. The van der Waals surface area contributed by atoms with Gasteiger partial charge in [0.2, 0.25) is 5.91 Å². The molecule has 2 aromatic carbocycles. The fraction of sp³-hybridized carbons (Fsp3) is 0.333. The minimum atomic E-state index is -0.947. The summed E-state index contributed by atoms with van der Waals surface area (Å²) in [5.41, 5.74) is 4.48. The van der Waals surface area contributed by atoms with Crippen LogP contribution in [0.4, 0.5) is 0 Å². The van der Waals surface area contributed by atoms with Crippen molar-refractivity contribution < 1.29 is 14.7 Å². The number of aromatic nitrogens is 1. The SMILES string of the molecule is O=C(O)C[C@@H](Cn1ccc(-c2ccc(-c3ccccc3)cc2)c1)C(=O)NC1CCCCC1. The monoisotopic (exact) mass is 430 g/mol. The molecule has 1 aliphatic rings. The highest BCUT2D eigenvalue weighted by Crippen LogP contribution is 2.26. The average molecular weight is 431 g/mol. The van der Waals surface area contributed by atoms with Crippen LogP contribution in [-0.2, 0) is 16.1 Å². The minimum Gasteiger partial charge on any atom is -0.481 e. The zero-order valence-electron chi connectivity index (χ0n) is 18.2. The van der Waals surface area contributed by atoms with Gasteiger partial charge in [0.15, 0.2) is 0 Å². The number of carboxylic acids is 1. The third-order valence-corrected chi connectivity index (χ3v) is 6.25. The Morgan fingerprint density at radius 3 is 2.16 bits per heavy atom. The molecular weight excluding hydrogens is 400 g/mol. The van der Waals surface area contributed by atoms with E-state index in [1.54, 1.807) is 0 Å². The van der Waals surface area contributed by atoms with Gasteiger partial charge in [-0.2, -0.15) is 0 Å². The first kappa shape index (κ1) is 21.9. The van der Waals surface area contributed by atoms with E-state index in [-0.39, 0.29) is 18.4 Å². The van der Waals surface area contributed by atoms with Crippen LogP contribution in [0.25, 0.3) is 22.3 Å². The zero-order valence-corrected chi connectivity index (χ0v) is 18.2. The van der Waals surface area contributed by atoms with Crippen LogP contribution in [0, 0.1) is 5.92 Å². The van der Waals surface area contributed by atoms with Crippen LogP contribution >= 0.6 is 0 Å². The molecule has 0 spiro atoms. The summed E-state index contributed by atoms with van der Waals surface area (Å²) in [6, 6.07) is 20.8. The van der Waals surface area contributed by atoms with Gasteiger partial charge in [0.25, 0.3) is 0 Å². The van der Waals surface area contributed by atoms with E-state index in [1.807, 2.05) is 41.2 Å². The second-order valence-corrected chi connectivity index (χ2v) is 8.68. The molecule has 1 aromatic heterocycles. The molecule has 5 heteroatoms. The van der Waals surface area contributed by atoms with Crippen molar-refractivity contribution >= 4 is 11.9 Å². The van der Waals surface area contributed by atoms with Crippen molar-refractivity contribution in [1.82, 2.24) is 9.88 Å². The fourth-order valence-corrected chi connectivity index (χ4v) is 4.48. The lowest BCUT2D eigenvalue weighted by molar-refractivity contribution is -0.141. The van der Waals surface area contributed by atoms with E-state index in [0.717, 1.165) is 42.4 Å². The maximum Gasteiger partial charge on any atom is 0.304 e. The Morgan fingerprint density at radius 1 is 0.875 bits per heavy atom. The molecule has 0 radical (unpaired) electrons. The number of benzene rings is 2. The van der Waals surface area contributed by atoms with E-state index >= 15 is 0 Å². The van der Waals surface area contributed by atoms with E-state index in [4.69, 9.17) is 0 Å². The van der Waals surface area contributed by atoms with Crippen molar-refractivity contribution in [2.24, 2.45) is 5.92 Å². The molecule has 0 bridgehead atoms. The van der Waals surface area contributed by atoms with Crippen LogP contribution in [0.5, 0.6) is 0 Å². The maximum atomic E-state index is 12.8. The van der Waals surface area contributed by atoms with Crippen LogP contribution in [0.15, 0.2) is 73.1 Å². The second kappa shape index (κ2) is 10.3. The Hall–Kier alpha value is -3.34. The summed E-state index contributed by atoms with van der Waals surface area (Å²) >= 11 is 0. The number of nitrogens with one attached hydrogen (secondary N) is 1. The van der Waals surface area contributed by atoms with E-state index in [0.29, 0.717) is 6.54 Å². The fourth-order valence-electron chi connectivity index (χ4n) is 4.48. The highest BCUT2D eigenvalue weighted by atomic mass is 16.4. The van der Waals surface area contributed by atoms with Crippen LogP contribution < -0.4 is 5.32 Å². The van der Waals surface area contributed by atoms with Gasteiger partial charge >= 0.3 is 5.97 Å². The molecule has 2 N–H and O–H groups in total. The van der Waals surface area contributed by atoms with Gasteiger partial charge in [-0.1, -0.05) is 73.9 Å². The lowest BCUT2D eigenvalue weighted by Crippen LogP contribution is -2.41. The minimum absolute atomic E-state index is 0.151. The van der Waals surface area contributed by atoms with Gasteiger partial charge in [0, 0.05) is 25.0 Å². The third-order valence-electron chi connectivity index (χ3n) is 6.25. The lowest BCUT2D eigenvalue weighted by Gasteiger charge is -2.25. The predicted molar refractivity (Wildman–Crippen MR) is 126 cm³/mol. The van der Waals surface area contributed by atoms with E-state index in [9.17, 15) is 14.7 Å². The molecule has 166 valence electrons. The van der Waals surface area contributed by atoms with Gasteiger partial charge in [-0.3, -0.25) is 9.59 Å². The quantitative estimate of drug-likeness (QED) is 0.505. The number of carbonyl (C=O) groups excluding carboxylic acids is 1. The Morgan fingerprint density at radius 2 is 1.50 bits per heavy atom. The highest BCUT2D eigenvalue weighted by molar-refractivity contribution is 5.83. The molecule has 1 saturated carbocycles. The summed E-state index contributed by atoms with van der Waals surface area (Å²) in [4.78, 5) is 24.2. The average Bonchev–Trinajstić information content (AvgIpc) is 3.28. The molecule has 1 atom stereocenters. The third kappa shape index (κ3) is 5.67. The topological polar surface area (TPSA) is 71.3 Å². The Bertz CT molecular complexity index is 1030. The summed E-state index contributed by atoms with van der Waals surface area (Å²) < 4.78 is 1.93. The summed E-state index contributed by atoms with van der Waals surface area (Å²) in [6.07, 6.45) is 9.16. The molecule has 1 fully saturated rings. The van der Waals surface area contributed by atoms with Gasteiger partial charge in [-0.25, -0.2) is 0 Å². The van der Waals surface area contributed by atoms with Crippen molar-refractivity contribution in [3.05, 3.63) is 73.1 Å².